The van der Waals surface area contributed by atoms with Gasteiger partial charge in [-0.3, -0.25) is 4.79 Å². The summed E-state index contributed by atoms with van der Waals surface area (Å²) in [5.41, 5.74) is 2.43. The minimum absolute atomic E-state index is 0.105. The smallest absolute Gasteiger partial charge is 0.266 e. The molecule has 0 aliphatic carbocycles. The molecule has 0 unspecified atom stereocenters. The van der Waals surface area contributed by atoms with E-state index in [1.807, 2.05) is 6.07 Å². The minimum atomic E-state index is -0.587. The SMILES string of the molecule is C=CCc1cc(/C=C(\C#N)C(=O)Nc2ccccc2Cl)cc(OC)c1OCc1ccc(F)cc1. The molecule has 0 aliphatic heterocycles. The van der Waals surface area contributed by atoms with Gasteiger partial charge in [-0.15, -0.1) is 6.58 Å². The second kappa shape index (κ2) is 11.7. The van der Waals surface area contributed by atoms with Crippen LogP contribution in [0.2, 0.25) is 5.02 Å². The van der Waals surface area contributed by atoms with Crippen molar-refractivity contribution in [3.05, 3.63) is 106 Å². The van der Waals surface area contributed by atoms with Gasteiger partial charge in [0.1, 0.15) is 24.1 Å². The summed E-state index contributed by atoms with van der Waals surface area (Å²) in [6, 6.07) is 18.2. The van der Waals surface area contributed by atoms with Gasteiger partial charge in [-0.1, -0.05) is 41.9 Å². The van der Waals surface area contributed by atoms with E-state index in [1.54, 1.807) is 54.6 Å². The highest BCUT2D eigenvalue weighted by Crippen LogP contribution is 2.35. The predicted molar refractivity (Wildman–Crippen MR) is 131 cm³/mol. The number of ether oxygens (including phenoxy) is 2. The molecule has 5 nitrogen and oxygen atoms in total. The molecule has 0 aliphatic rings. The van der Waals surface area contributed by atoms with Crippen molar-refractivity contribution in [2.45, 2.75) is 13.0 Å². The van der Waals surface area contributed by atoms with Crippen LogP contribution in [-0.2, 0) is 17.8 Å². The van der Waals surface area contributed by atoms with E-state index in [0.717, 1.165) is 11.1 Å². The van der Waals surface area contributed by atoms with E-state index in [4.69, 9.17) is 21.1 Å². The molecule has 1 amide bonds. The fourth-order valence-corrected chi connectivity index (χ4v) is 3.38. The highest BCUT2D eigenvalue weighted by molar-refractivity contribution is 6.34. The largest absolute Gasteiger partial charge is 0.493 e. The highest BCUT2D eigenvalue weighted by atomic mass is 35.5. The van der Waals surface area contributed by atoms with Crippen molar-refractivity contribution >= 4 is 29.3 Å². The molecular weight excluding hydrogens is 455 g/mol. The van der Waals surface area contributed by atoms with Crippen LogP contribution in [0.15, 0.2) is 78.9 Å². The topological polar surface area (TPSA) is 71.4 Å². The number of carbonyl (C=O) groups excluding carboxylic acids is 1. The average Bonchev–Trinajstić information content (AvgIpc) is 2.84. The van der Waals surface area contributed by atoms with E-state index in [9.17, 15) is 14.4 Å². The molecule has 0 aromatic heterocycles. The predicted octanol–water partition coefficient (Wildman–Crippen LogP) is 6.34. The highest BCUT2D eigenvalue weighted by Gasteiger charge is 2.15. The first-order valence-electron chi connectivity index (χ1n) is 10.3. The number of methoxy groups -OCH3 is 1. The standard InChI is InChI=1S/C27H22ClFN2O3/c1-3-6-20-13-19(14-21(16-30)27(32)31-24-8-5-4-7-23(24)28)15-25(33-2)26(20)34-17-18-9-11-22(29)12-10-18/h3-5,7-15H,1,6,17H2,2H3,(H,31,32)/b21-14+. The molecule has 172 valence electrons. The van der Waals surface area contributed by atoms with Crippen LogP contribution >= 0.6 is 11.6 Å². The monoisotopic (exact) mass is 476 g/mol. The van der Waals surface area contributed by atoms with Gasteiger partial charge < -0.3 is 14.8 Å². The van der Waals surface area contributed by atoms with Gasteiger partial charge in [0.2, 0.25) is 0 Å². The maximum absolute atomic E-state index is 13.2. The molecule has 0 heterocycles. The van der Waals surface area contributed by atoms with Gasteiger partial charge in [0.05, 0.1) is 17.8 Å². The number of amides is 1. The fraction of sp³-hybridized carbons (Fsp3) is 0.111. The van der Waals surface area contributed by atoms with E-state index < -0.39 is 5.91 Å². The van der Waals surface area contributed by atoms with Crippen LogP contribution in [0.3, 0.4) is 0 Å². The Morgan fingerprint density at radius 1 is 1.21 bits per heavy atom. The lowest BCUT2D eigenvalue weighted by Crippen LogP contribution is -2.13. The van der Waals surface area contributed by atoms with E-state index >= 15 is 0 Å². The summed E-state index contributed by atoms with van der Waals surface area (Å²) in [7, 11) is 1.50. The van der Waals surface area contributed by atoms with Gasteiger partial charge in [0.15, 0.2) is 11.5 Å². The summed E-state index contributed by atoms with van der Waals surface area (Å²) in [6.07, 6.45) is 3.64. The van der Waals surface area contributed by atoms with Crippen molar-refractivity contribution in [2.24, 2.45) is 0 Å². The van der Waals surface area contributed by atoms with Crippen LogP contribution in [0.5, 0.6) is 11.5 Å². The van der Waals surface area contributed by atoms with Gasteiger partial charge in [0.25, 0.3) is 5.91 Å². The lowest BCUT2D eigenvalue weighted by Gasteiger charge is -2.16. The summed E-state index contributed by atoms with van der Waals surface area (Å²) >= 11 is 6.10. The van der Waals surface area contributed by atoms with Crippen molar-refractivity contribution in [2.75, 3.05) is 12.4 Å². The number of hydrogen-bond donors (Lipinski definition) is 1. The summed E-state index contributed by atoms with van der Waals surface area (Å²) in [5.74, 6) is 0.0209. The van der Waals surface area contributed by atoms with Crippen molar-refractivity contribution in [3.63, 3.8) is 0 Å². The molecular formula is C27H22ClFN2O3. The van der Waals surface area contributed by atoms with Crippen molar-refractivity contribution < 1.29 is 18.7 Å². The third kappa shape index (κ3) is 6.25. The molecule has 0 saturated carbocycles. The zero-order chi connectivity index (χ0) is 24.5. The van der Waals surface area contributed by atoms with Crippen LogP contribution in [0.25, 0.3) is 6.08 Å². The van der Waals surface area contributed by atoms with Crippen molar-refractivity contribution in [1.82, 2.24) is 0 Å². The first kappa shape index (κ1) is 24.6. The van der Waals surface area contributed by atoms with Crippen LogP contribution in [0.4, 0.5) is 10.1 Å². The number of nitrogens with one attached hydrogen (secondary N) is 1. The number of nitrogens with zero attached hydrogens (tertiary/aromatic N) is 1. The maximum Gasteiger partial charge on any atom is 0.266 e. The Labute approximate surface area is 202 Å². The zero-order valence-electron chi connectivity index (χ0n) is 18.5. The van der Waals surface area contributed by atoms with Gasteiger partial charge in [-0.2, -0.15) is 5.26 Å². The number of allylic oxidation sites excluding steroid dienone is 1. The van der Waals surface area contributed by atoms with Crippen LogP contribution in [0, 0.1) is 17.1 Å². The number of carbonyl (C=O) groups is 1. The Morgan fingerprint density at radius 2 is 1.94 bits per heavy atom. The Morgan fingerprint density at radius 3 is 2.59 bits per heavy atom. The Bertz CT molecular complexity index is 1260. The summed E-state index contributed by atoms with van der Waals surface area (Å²) in [4.78, 5) is 12.7. The third-order valence-electron chi connectivity index (χ3n) is 4.83. The van der Waals surface area contributed by atoms with E-state index in [2.05, 4.69) is 11.9 Å². The molecule has 0 atom stereocenters. The molecule has 0 bridgehead atoms. The van der Waals surface area contributed by atoms with Gasteiger partial charge in [-0.25, -0.2) is 4.39 Å². The number of hydrogen-bond acceptors (Lipinski definition) is 4. The quantitative estimate of drug-likeness (QED) is 0.222. The molecule has 34 heavy (non-hydrogen) atoms. The number of para-hydroxylation sites is 1. The number of halogens is 2. The molecule has 1 N–H and O–H groups in total. The Kier molecular flexibility index (Phi) is 8.44. The molecule has 3 aromatic carbocycles. The molecule has 3 aromatic rings. The minimum Gasteiger partial charge on any atom is -0.493 e. The Hall–Kier alpha value is -4.08. The number of rotatable bonds is 9. The average molecular weight is 477 g/mol. The lowest BCUT2D eigenvalue weighted by molar-refractivity contribution is -0.112. The Balaban J connectivity index is 1.90. The molecule has 0 saturated heterocycles. The van der Waals surface area contributed by atoms with E-state index in [-0.39, 0.29) is 18.0 Å². The third-order valence-corrected chi connectivity index (χ3v) is 5.16. The number of nitriles is 1. The molecule has 7 heteroatoms. The second-order valence-corrected chi connectivity index (χ2v) is 7.63. The fourth-order valence-electron chi connectivity index (χ4n) is 3.19. The normalized spacial score (nSPS) is 10.8. The first-order valence-corrected chi connectivity index (χ1v) is 10.7. The number of anilines is 1. The van der Waals surface area contributed by atoms with Crippen LogP contribution in [0.1, 0.15) is 16.7 Å². The maximum atomic E-state index is 13.2. The van der Waals surface area contributed by atoms with Crippen LogP contribution < -0.4 is 14.8 Å². The first-order chi connectivity index (χ1) is 16.4. The van der Waals surface area contributed by atoms with Crippen LogP contribution in [-0.4, -0.2) is 13.0 Å². The van der Waals surface area contributed by atoms with E-state index in [1.165, 1.54) is 25.3 Å². The van der Waals surface area contributed by atoms with E-state index in [0.29, 0.717) is 34.2 Å². The van der Waals surface area contributed by atoms with Gasteiger partial charge in [-0.05, 0) is 60.0 Å². The van der Waals surface area contributed by atoms with Crippen molar-refractivity contribution in [1.29, 1.82) is 5.26 Å². The van der Waals surface area contributed by atoms with Gasteiger partial charge >= 0.3 is 0 Å². The molecule has 0 fully saturated rings. The molecule has 0 spiro atoms. The lowest BCUT2D eigenvalue weighted by atomic mass is 10.0. The summed E-state index contributed by atoms with van der Waals surface area (Å²) in [6.45, 7) is 4.00. The number of benzene rings is 3. The second-order valence-electron chi connectivity index (χ2n) is 7.22. The molecule has 0 radical (unpaired) electrons. The molecule has 3 rings (SSSR count). The van der Waals surface area contributed by atoms with Crippen molar-refractivity contribution in [3.8, 4) is 17.6 Å². The summed E-state index contributed by atoms with van der Waals surface area (Å²) < 4.78 is 24.7. The summed E-state index contributed by atoms with van der Waals surface area (Å²) in [5, 5.41) is 12.6. The zero-order valence-corrected chi connectivity index (χ0v) is 19.2. The van der Waals surface area contributed by atoms with Gasteiger partial charge in [0, 0.05) is 5.56 Å².